The van der Waals surface area contributed by atoms with Gasteiger partial charge in [0.1, 0.15) is 0 Å². The van der Waals surface area contributed by atoms with Crippen molar-refractivity contribution in [3.8, 4) is 0 Å². The minimum atomic E-state index is -0.488. The summed E-state index contributed by atoms with van der Waals surface area (Å²) in [5, 5.41) is 9.49. The monoisotopic (exact) mass is 184 g/mol. The molecule has 0 aliphatic heterocycles. The van der Waals surface area contributed by atoms with Crippen molar-refractivity contribution in [1.29, 1.82) is 0 Å². The highest BCUT2D eigenvalue weighted by Crippen LogP contribution is 2.18. The van der Waals surface area contributed by atoms with Crippen LogP contribution in [0.4, 0.5) is 0 Å². The first kappa shape index (κ1) is 12.7. The Hall–Kier alpha value is -0.300. The van der Waals surface area contributed by atoms with Crippen molar-refractivity contribution in [2.24, 2.45) is 5.92 Å². The first-order chi connectivity index (χ1) is 5.95. The lowest BCUT2D eigenvalue weighted by Crippen LogP contribution is -2.18. The van der Waals surface area contributed by atoms with Crippen LogP contribution in [0.5, 0.6) is 0 Å². The van der Waals surface area contributed by atoms with Crippen LogP contribution in [0.15, 0.2) is 12.7 Å². The zero-order chi connectivity index (χ0) is 10.3. The molecule has 13 heavy (non-hydrogen) atoms. The fourth-order valence-corrected chi connectivity index (χ4v) is 1.43. The molecule has 0 rings (SSSR count). The summed E-state index contributed by atoms with van der Waals surface area (Å²) in [5.41, 5.74) is -0.488. The van der Waals surface area contributed by atoms with Crippen molar-refractivity contribution in [3.63, 3.8) is 0 Å². The SMILES string of the molecule is C=CCCC(C)CCCC(C)(C)O. The molecule has 1 atom stereocenters. The minimum Gasteiger partial charge on any atom is -0.390 e. The largest absolute Gasteiger partial charge is 0.390 e. The average molecular weight is 184 g/mol. The maximum Gasteiger partial charge on any atom is 0.0591 e. The Morgan fingerprint density at radius 2 is 2.00 bits per heavy atom. The maximum absolute atomic E-state index is 9.49. The summed E-state index contributed by atoms with van der Waals surface area (Å²) in [4.78, 5) is 0. The number of aliphatic hydroxyl groups is 1. The van der Waals surface area contributed by atoms with Crippen LogP contribution < -0.4 is 0 Å². The van der Waals surface area contributed by atoms with Gasteiger partial charge in [-0.25, -0.2) is 0 Å². The maximum atomic E-state index is 9.49. The van der Waals surface area contributed by atoms with Crippen LogP contribution >= 0.6 is 0 Å². The number of allylic oxidation sites excluding steroid dienone is 1. The van der Waals surface area contributed by atoms with E-state index >= 15 is 0 Å². The molecule has 0 aliphatic rings. The third-order valence-electron chi connectivity index (χ3n) is 2.35. The Morgan fingerprint density at radius 3 is 2.46 bits per heavy atom. The van der Waals surface area contributed by atoms with E-state index in [1.54, 1.807) is 0 Å². The van der Waals surface area contributed by atoms with E-state index in [0.717, 1.165) is 25.2 Å². The van der Waals surface area contributed by atoms with Crippen molar-refractivity contribution >= 4 is 0 Å². The van der Waals surface area contributed by atoms with E-state index in [0.29, 0.717) is 0 Å². The third kappa shape index (κ3) is 9.62. The van der Waals surface area contributed by atoms with Gasteiger partial charge in [0.05, 0.1) is 5.60 Å². The van der Waals surface area contributed by atoms with E-state index in [2.05, 4.69) is 13.5 Å². The Bertz CT molecular complexity index is 133. The molecule has 0 saturated carbocycles. The molecule has 78 valence electrons. The third-order valence-corrected chi connectivity index (χ3v) is 2.35. The summed E-state index contributed by atoms with van der Waals surface area (Å²) in [6.07, 6.45) is 7.58. The molecule has 0 bridgehead atoms. The highest BCUT2D eigenvalue weighted by Gasteiger charge is 2.12. The number of hydrogen-bond donors (Lipinski definition) is 1. The van der Waals surface area contributed by atoms with Crippen LogP contribution in [0, 0.1) is 5.92 Å². The van der Waals surface area contributed by atoms with Gasteiger partial charge in [-0.05, 0) is 39.0 Å². The first-order valence-electron chi connectivity index (χ1n) is 5.29. The highest BCUT2D eigenvalue weighted by atomic mass is 16.3. The summed E-state index contributed by atoms with van der Waals surface area (Å²) in [5.74, 6) is 0.764. The molecule has 0 saturated heterocycles. The topological polar surface area (TPSA) is 20.2 Å². The van der Waals surface area contributed by atoms with Gasteiger partial charge in [0.15, 0.2) is 0 Å². The van der Waals surface area contributed by atoms with Crippen molar-refractivity contribution in [3.05, 3.63) is 12.7 Å². The lowest BCUT2D eigenvalue weighted by Gasteiger charge is -2.18. The molecule has 0 aromatic rings. The van der Waals surface area contributed by atoms with Crippen LogP contribution in [0.25, 0.3) is 0 Å². The molecule has 0 aliphatic carbocycles. The van der Waals surface area contributed by atoms with Gasteiger partial charge in [0.2, 0.25) is 0 Å². The Balaban J connectivity index is 3.36. The molecule has 0 spiro atoms. The van der Waals surface area contributed by atoms with E-state index in [1.165, 1.54) is 12.8 Å². The lowest BCUT2D eigenvalue weighted by molar-refractivity contribution is 0.0669. The van der Waals surface area contributed by atoms with Crippen molar-refractivity contribution in [2.75, 3.05) is 0 Å². The van der Waals surface area contributed by atoms with Crippen molar-refractivity contribution < 1.29 is 5.11 Å². The van der Waals surface area contributed by atoms with Gasteiger partial charge in [-0.2, -0.15) is 0 Å². The van der Waals surface area contributed by atoms with Crippen molar-refractivity contribution in [1.82, 2.24) is 0 Å². The van der Waals surface area contributed by atoms with E-state index in [9.17, 15) is 5.11 Å². The van der Waals surface area contributed by atoms with Gasteiger partial charge < -0.3 is 5.11 Å². The van der Waals surface area contributed by atoms with E-state index in [4.69, 9.17) is 0 Å². The molecule has 0 amide bonds. The predicted molar refractivity (Wildman–Crippen MR) is 58.7 cm³/mol. The van der Waals surface area contributed by atoms with Crippen molar-refractivity contribution in [2.45, 2.75) is 58.5 Å². The molecular weight excluding hydrogens is 160 g/mol. The molecule has 0 fully saturated rings. The molecule has 0 aromatic heterocycles. The van der Waals surface area contributed by atoms with Gasteiger partial charge in [0.25, 0.3) is 0 Å². The fraction of sp³-hybridized carbons (Fsp3) is 0.833. The minimum absolute atomic E-state index is 0.488. The van der Waals surface area contributed by atoms with E-state index in [1.807, 2.05) is 19.9 Å². The fourth-order valence-electron chi connectivity index (χ4n) is 1.43. The number of hydrogen-bond acceptors (Lipinski definition) is 1. The molecule has 1 unspecified atom stereocenters. The second kappa shape index (κ2) is 6.20. The van der Waals surface area contributed by atoms with Crippen LogP contribution in [0.3, 0.4) is 0 Å². The van der Waals surface area contributed by atoms with E-state index in [-0.39, 0.29) is 0 Å². The van der Waals surface area contributed by atoms with Gasteiger partial charge in [0, 0.05) is 0 Å². The van der Waals surface area contributed by atoms with Crippen LogP contribution in [-0.4, -0.2) is 10.7 Å². The predicted octanol–water partition coefficient (Wildman–Crippen LogP) is 3.53. The summed E-state index contributed by atoms with van der Waals surface area (Å²) in [6.45, 7) is 9.74. The molecule has 1 N–H and O–H groups in total. The first-order valence-corrected chi connectivity index (χ1v) is 5.29. The molecule has 1 nitrogen and oxygen atoms in total. The average Bonchev–Trinajstić information content (AvgIpc) is 1.98. The Labute approximate surface area is 82.9 Å². The van der Waals surface area contributed by atoms with Gasteiger partial charge in [-0.15, -0.1) is 6.58 Å². The number of rotatable bonds is 7. The van der Waals surface area contributed by atoms with Crippen LogP contribution in [-0.2, 0) is 0 Å². The summed E-state index contributed by atoms with van der Waals surface area (Å²) < 4.78 is 0. The molecular formula is C12H24O. The Kier molecular flexibility index (Phi) is 6.06. The molecule has 0 radical (unpaired) electrons. The highest BCUT2D eigenvalue weighted by molar-refractivity contribution is 4.69. The zero-order valence-electron chi connectivity index (χ0n) is 9.34. The van der Waals surface area contributed by atoms with Gasteiger partial charge >= 0.3 is 0 Å². The zero-order valence-corrected chi connectivity index (χ0v) is 9.34. The van der Waals surface area contributed by atoms with Gasteiger partial charge in [-0.1, -0.05) is 25.8 Å². The lowest BCUT2D eigenvalue weighted by atomic mass is 9.94. The quantitative estimate of drug-likeness (QED) is 0.600. The van der Waals surface area contributed by atoms with Gasteiger partial charge in [-0.3, -0.25) is 0 Å². The summed E-state index contributed by atoms with van der Waals surface area (Å²) >= 11 is 0. The molecule has 0 heterocycles. The summed E-state index contributed by atoms with van der Waals surface area (Å²) in [6, 6.07) is 0. The second-order valence-electron chi connectivity index (χ2n) is 4.68. The Morgan fingerprint density at radius 1 is 1.38 bits per heavy atom. The standard InChI is InChI=1S/C12H24O/c1-5-6-8-11(2)9-7-10-12(3,4)13/h5,11,13H,1,6-10H2,2-4H3. The summed E-state index contributed by atoms with van der Waals surface area (Å²) in [7, 11) is 0. The van der Waals surface area contributed by atoms with Crippen LogP contribution in [0.2, 0.25) is 0 Å². The van der Waals surface area contributed by atoms with Crippen LogP contribution in [0.1, 0.15) is 52.9 Å². The normalized spacial score (nSPS) is 14.2. The van der Waals surface area contributed by atoms with E-state index < -0.39 is 5.60 Å². The molecule has 0 aromatic carbocycles. The second-order valence-corrected chi connectivity index (χ2v) is 4.68. The smallest absolute Gasteiger partial charge is 0.0591 e. The molecule has 1 heteroatoms.